The van der Waals surface area contributed by atoms with Gasteiger partial charge in [-0.25, -0.2) is 0 Å². The van der Waals surface area contributed by atoms with Gasteiger partial charge in [-0.05, 0) is 25.0 Å². The minimum atomic E-state index is -0.218. The van der Waals surface area contributed by atoms with Crippen LogP contribution in [0.2, 0.25) is 5.02 Å². The second-order valence-corrected chi connectivity index (χ2v) is 5.43. The van der Waals surface area contributed by atoms with Crippen molar-refractivity contribution in [2.24, 2.45) is 0 Å². The van der Waals surface area contributed by atoms with Crippen LogP contribution < -0.4 is 5.32 Å². The lowest BCUT2D eigenvalue weighted by molar-refractivity contribution is -0.136. The lowest BCUT2D eigenvalue weighted by atomic mass is 10.1. The molecule has 0 radical (unpaired) electrons. The number of methoxy groups -OCH3 is 1. The first-order valence-corrected chi connectivity index (χ1v) is 7.33. The molecule has 0 aromatic heterocycles. The maximum Gasteiger partial charge on any atom is 0.244 e. The molecule has 1 aliphatic rings. The van der Waals surface area contributed by atoms with E-state index in [2.05, 4.69) is 5.32 Å². The van der Waals surface area contributed by atoms with Crippen molar-refractivity contribution in [3.63, 3.8) is 0 Å². The highest BCUT2D eigenvalue weighted by molar-refractivity contribution is 6.31. The average Bonchev–Trinajstić information content (AvgIpc) is 2.45. The summed E-state index contributed by atoms with van der Waals surface area (Å²) < 4.78 is 5.10. The Labute approximate surface area is 129 Å². The fourth-order valence-electron chi connectivity index (χ4n) is 2.36. The first kappa shape index (κ1) is 15.8. The predicted octanol–water partition coefficient (Wildman–Crippen LogP) is 2.44. The van der Waals surface area contributed by atoms with Crippen molar-refractivity contribution in [1.82, 2.24) is 4.90 Å². The fourth-order valence-corrected chi connectivity index (χ4v) is 2.59. The molecule has 0 aliphatic carbocycles. The third-order valence-electron chi connectivity index (χ3n) is 3.44. The molecule has 0 bridgehead atoms. The van der Waals surface area contributed by atoms with Crippen LogP contribution in [0.5, 0.6) is 0 Å². The number of amides is 2. The van der Waals surface area contributed by atoms with Gasteiger partial charge in [0.25, 0.3) is 0 Å². The summed E-state index contributed by atoms with van der Waals surface area (Å²) in [5, 5.41) is 3.35. The van der Waals surface area contributed by atoms with Crippen LogP contribution in [-0.2, 0) is 20.9 Å². The molecule has 2 amide bonds. The molecule has 0 atom stereocenters. The van der Waals surface area contributed by atoms with Gasteiger partial charge in [0, 0.05) is 36.3 Å². The molecule has 1 heterocycles. The molecule has 0 unspecified atom stereocenters. The normalized spacial score (nSPS) is 15.1. The Morgan fingerprint density at radius 2 is 2.24 bits per heavy atom. The Bertz CT molecular complexity index is 534. The summed E-state index contributed by atoms with van der Waals surface area (Å²) in [7, 11) is 1.57. The highest BCUT2D eigenvalue weighted by Gasteiger charge is 2.21. The standard InChI is InChI=1S/C15H19ClN2O3/c1-21-10-11-12(16)5-4-6-13(11)17-14(19)9-18-8-3-2-7-15(18)20/h4-6H,2-3,7-10H2,1H3,(H,17,19). The summed E-state index contributed by atoms with van der Waals surface area (Å²) in [5.74, 6) is -0.176. The molecule has 1 fully saturated rings. The maximum atomic E-state index is 12.1. The molecule has 0 saturated carbocycles. The number of hydrogen-bond donors (Lipinski definition) is 1. The van der Waals surface area contributed by atoms with E-state index in [1.54, 1.807) is 30.2 Å². The van der Waals surface area contributed by atoms with Gasteiger partial charge < -0.3 is 15.0 Å². The van der Waals surface area contributed by atoms with Crippen molar-refractivity contribution in [2.45, 2.75) is 25.9 Å². The van der Waals surface area contributed by atoms with E-state index < -0.39 is 0 Å². The molecule has 2 rings (SSSR count). The van der Waals surface area contributed by atoms with Crippen molar-refractivity contribution in [1.29, 1.82) is 0 Å². The summed E-state index contributed by atoms with van der Waals surface area (Å²) in [5.41, 5.74) is 1.36. The molecule has 1 saturated heterocycles. The van der Waals surface area contributed by atoms with Crippen LogP contribution in [0.3, 0.4) is 0 Å². The second kappa shape index (κ2) is 7.43. The van der Waals surface area contributed by atoms with Gasteiger partial charge in [0.15, 0.2) is 0 Å². The van der Waals surface area contributed by atoms with Crippen molar-refractivity contribution >= 4 is 29.1 Å². The van der Waals surface area contributed by atoms with Gasteiger partial charge in [0.2, 0.25) is 11.8 Å². The number of carbonyl (C=O) groups is 2. The molecule has 1 aromatic rings. The maximum absolute atomic E-state index is 12.1. The zero-order valence-corrected chi connectivity index (χ0v) is 12.8. The van der Waals surface area contributed by atoms with Crippen LogP contribution in [0.1, 0.15) is 24.8 Å². The van der Waals surface area contributed by atoms with Crippen LogP contribution in [0.15, 0.2) is 18.2 Å². The van der Waals surface area contributed by atoms with Crippen molar-refractivity contribution < 1.29 is 14.3 Å². The average molecular weight is 311 g/mol. The highest BCUT2D eigenvalue weighted by Crippen LogP contribution is 2.25. The monoisotopic (exact) mass is 310 g/mol. The second-order valence-electron chi connectivity index (χ2n) is 5.02. The minimum Gasteiger partial charge on any atom is -0.380 e. The van der Waals surface area contributed by atoms with Crippen LogP contribution in [0, 0.1) is 0 Å². The van der Waals surface area contributed by atoms with Gasteiger partial charge >= 0.3 is 0 Å². The summed E-state index contributed by atoms with van der Waals surface area (Å²) >= 11 is 6.11. The first-order valence-electron chi connectivity index (χ1n) is 6.95. The molecule has 21 heavy (non-hydrogen) atoms. The van der Waals surface area contributed by atoms with Gasteiger partial charge in [-0.1, -0.05) is 17.7 Å². The Morgan fingerprint density at radius 3 is 2.95 bits per heavy atom. The topological polar surface area (TPSA) is 58.6 Å². The predicted molar refractivity (Wildman–Crippen MR) is 81.2 cm³/mol. The molecule has 1 aliphatic heterocycles. The summed E-state index contributed by atoms with van der Waals surface area (Å²) in [6.07, 6.45) is 2.38. The fraction of sp³-hybridized carbons (Fsp3) is 0.467. The van der Waals surface area contributed by atoms with Crippen LogP contribution in [0.4, 0.5) is 5.69 Å². The molecule has 114 valence electrons. The first-order chi connectivity index (χ1) is 10.1. The van der Waals surface area contributed by atoms with E-state index >= 15 is 0 Å². The van der Waals surface area contributed by atoms with Crippen LogP contribution in [0.25, 0.3) is 0 Å². The molecule has 5 nitrogen and oxygen atoms in total. The van der Waals surface area contributed by atoms with E-state index in [0.29, 0.717) is 30.3 Å². The number of carbonyl (C=O) groups excluding carboxylic acids is 2. The smallest absolute Gasteiger partial charge is 0.244 e. The molecule has 1 aromatic carbocycles. The lowest BCUT2D eigenvalue weighted by Crippen LogP contribution is -2.40. The largest absolute Gasteiger partial charge is 0.380 e. The SMILES string of the molecule is COCc1c(Cl)cccc1NC(=O)CN1CCCCC1=O. The number of benzene rings is 1. The van der Waals surface area contributed by atoms with Crippen LogP contribution >= 0.6 is 11.6 Å². The Kier molecular flexibility index (Phi) is 5.59. The van der Waals surface area contributed by atoms with Gasteiger partial charge in [0.1, 0.15) is 0 Å². The quantitative estimate of drug-likeness (QED) is 0.908. The van der Waals surface area contributed by atoms with E-state index in [1.807, 2.05) is 0 Å². The summed E-state index contributed by atoms with van der Waals surface area (Å²) in [6.45, 7) is 1.04. The van der Waals surface area contributed by atoms with E-state index in [9.17, 15) is 9.59 Å². The number of hydrogen-bond acceptors (Lipinski definition) is 3. The minimum absolute atomic E-state index is 0.0413. The zero-order chi connectivity index (χ0) is 15.2. The molecule has 6 heteroatoms. The number of nitrogens with one attached hydrogen (secondary N) is 1. The zero-order valence-electron chi connectivity index (χ0n) is 12.0. The van der Waals surface area contributed by atoms with Gasteiger partial charge in [-0.2, -0.15) is 0 Å². The Hall–Kier alpha value is -1.59. The molecular formula is C15H19ClN2O3. The third-order valence-corrected chi connectivity index (χ3v) is 3.79. The van der Waals surface area contributed by atoms with E-state index in [4.69, 9.17) is 16.3 Å². The van der Waals surface area contributed by atoms with E-state index in [1.165, 1.54) is 0 Å². The number of nitrogens with zero attached hydrogens (tertiary/aromatic N) is 1. The Morgan fingerprint density at radius 1 is 1.43 bits per heavy atom. The van der Waals surface area contributed by atoms with Gasteiger partial charge in [-0.3, -0.25) is 9.59 Å². The van der Waals surface area contributed by atoms with Crippen LogP contribution in [-0.4, -0.2) is 36.9 Å². The van der Waals surface area contributed by atoms with Crippen molar-refractivity contribution in [3.05, 3.63) is 28.8 Å². The number of anilines is 1. The van der Waals surface area contributed by atoms with E-state index in [0.717, 1.165) is 18.4 Å². The van der Waals surface area contributed by atoms with E-state index in [-0.39, 0.29) is 18.4 Å². The van der Waals surface area contributed by atoms with Gasteiger partial charge in [0.05, 0.1) is 13.2 Å². The number of rotatable bonds is 5. The molecule has 1 N–H and O–H groups in total. The number of ether oxygens (including phenoxy) is 1. The number of piperidine rings is 1. The number of likely N-dealkylation sites (tertiary alicyclic amines) is 1. The van der Waals surface area contributed by atoms with Gasteiger partial charge in [-0.15, -0.1) is 0 Å². The highest BCUT2D eigenvalue weighted by atomic mass is 35.5. The third kappa shape index (κ3) is 4.19. The van der Waals surface area contributed by atoms with Crippen molar-refractivity contribution in [2.75, 3.05) is 25.5 Å². The number of halogens is 1. The lowest BCUT2D eigenvalue weighted by Gasteiger charge is -2.26. The Balaban J connectivity index is 2.02. The summed E-state index contributed by atoms with van der Waals surface area (Å²) in [6, 6.07) is 5.29. The van der Waals surface area contributed by atoms with Crippen molar-refractivity contribution in [3.8, 4) is 0 Å². The molecular weight excluding hydrogens is 292 g/mol. The molecule has 0 spiro atoms. The summed E-state index contributed by atoms with van der Waals surface area (Å²) in [4.78, 5) is 25.4.